The molecule has 3 nitrogen and oxygen atoms in total. The zero-order valence-electron chi connectivity index (χ0n) is 7.14. The fraction of sp³-hybridized carbons (Fsp3) is 0.857. The van der Waals surface area contributed by atoms with Gasteiger partial charge in [-0.25, -0.2) is 0 Å². The van der Waals surface area contributed by atoms with Crippen molar-refractivity contribution in [2.24, 2.45) is 0 Å². The number of carbonyl (C=O) groups excluding carboxylic acids is 1. The Hall–Kier alpha value is -0.410. The number of carbonyl (C=O) groups is 1. The van der Waals surface area contributed by atoms with Crippen molar-refractivity contribution in [3.05, 3.63) is 0 Å². The molecule has 10 heavy (non-hydrogen) atoms. The van der Waals surface area contributed by atoms with Gasteiger partial charge in [-0.2, -0.15) is 0 Å². The lowest BCUT2D eigenvalue weighted by molar-refractivity contribution is -0.116. The Morgan fingerprint density at radius 1 is 1.30 bits per heavy atom. The summed E-state index contributed by atoms with van der Waals surface area (Å²) in [5, 5.41) is 0. The first-order chi connectivity index (χ1) is 4.68. The van der Waals surface area contributed by atoms with Crippen molar-refractivity contribution >= 4 is 5.78 Å². The van der Waals surface area contributed by atoms with Crippen LogP contribution in [0.25, 0.3) is 0 Å². The van der Waals surface area contributed by atoms with Crippen LogP contribution in [0, 0.1) is 0 Å². The Morgan fingerprint density at radius 2 is 1.60 bits per heavy atom. The van der Waals surface area contributed by atoms with Crippen molar-refractivity contribution in [2.45, 2.75) is 20.3 Å². The van der Waals surface area contributed by atoms with Crippen molar-refractivity contribution in [2.75, 3.05) is 21.0 Å². The highest BCUT2D eigenvalue weighted by molar-refractivity contribution is 5.74. The second-order valence-corrected chi connectivity index (χ2v) is 1.75. The molecule has 0 aromatic heterocycles. The van der Waals surface area contributed by atoms with Gasteiger partial charge in [-0.1, -0.05) is 6.92 Å². The number of methoxy groups -OCH3 is 2. The van der Waals surface area contributed by atoms with E-state index in [-0.39, 0.29) is 5.78 Å². The third kappa shape index (κ3) is 25.6. The van der Waals surface area contributed by atoms with Crippen molar-refractivity contribution < 1.29 is 14.3 Å². The molecule has 0 atom stereocenters. The van der Waals surface area contributed by atoms with Gasteiger partial charge in [0.25, 0.3) is 0 Å². The summed E-state index contributed by atoms with van der Waals surface area (Å²) in [5.74, 6) is 0.255. The first kappa shape index (κ1) is 12.3. The topological polar surface area (TPSA) is 35.5 Å². The molecule has 0 N–H and O–H groups in total. The number of hydrogen-bond donors (Lipinski definition) is 0. The van der Waals surface area contributed by atoms with E-state index in [1.165, 1.54) is 0 Å². The van der Waals surface area contributed by atoms with Crippen LogP contribution in [0.2, 0.25) is 0 Å². The maximum Gasteiger partial charge on any atom is 0.145 e. The standard InChI is InChI=1S/C4H8O.C3H8O2/c1-3-4(2)5;1-4-3-5-2/h2*3H2,1-2H3. The third-order valence-corrected chi connectivity index (χ3v) is 0.734. The molecular weight excluding hydrogens is 132 g/mol. The van der Waals surface area contributed by atoms with Crippen molar-refractivity contribution in [3.63, 3.8) is 0 Å². The lowest BCUT2D eigenvalue weighted by atomic mass is 10.4. The minimum absolute atomic E-state index is 0.255. The molecular formula is C7H16O3. The van der Waals surface area contributed by atoms with E-state index in [2.05, 4.69) is 9.47 Å². The summed E-state index contributed by atoms with van der Waals surface area (Å²) in [4.78, 5) is 9.81. The van der Waals surface area contributed by atoms with E-state index in [9.17, 15) is 4.79 Å². The Morgan fingerprint density at radius 3 is 1.60 bits per heavy atom. The smallest absolute Gasteiger partial charge is 0.145 e. The zero-order chi connectivity index (χ0) is 8.41. The predicted molar refractivity (Wildman–Crippen MR) is 39.9 cm³/mol. The lowest BCUT2D eigenvalue weighted by Gasteiger charge is -1.87. The van der Waals surface area contributed by atoms with Crippen LogP contribution in [0.4, 0.5) is 0 Å². The number of Topliss-reactive ketones (excluding diaryl/α,β-unsaturated/α-hetero) is 1. The van der Waals surface area contributed by atoms with Crippen LogP contribution in [0.1, 0.15) is 20.3 Å². The summed E-state index contributed by atoms with van der Waals surface area (Å²) in [7, 11) is 3.17. The number of ketones is 1. The predicted octanol–water partition coefficient (Wildman–Crippen LogP) is 1.22. The van der Waals surface area contributed by atoms with Crippen LogP contribution in [-0.2, 0) is 14.3 Å². The van der Waals surface area contributed by atoms with Crippen LogP contribution in [-0.4, -0.2) is 26.8 Å². The second kappa shape index (κ2) is 11.4. The van der Waals surface area contributed by atoms with E-state index in [0.29, 0.717) is 13.2 Å². The lowest BCUT2D eigenvalue weighted by Crippen LogP contribution is -1.87. The van der Waals surface area contributed by atoms with E-state index in [1.807, 2.05) is 6.92 Å². The first-order valence-corrected chi connectivity index (χ1v) is 3.16. The minimum Gasteiger partial charge on any atom is -0.359 e. The van der Waals surface area contributed by atoms with E-state index < -0.39 is 0 Å². The van der Waals surface area contributed by atoms with Gasteiger partial charge < -0.3 is 14.3 Å². The molecule has 3 heteroatoms. The molecule has 0 aromatic carbocycles. The minimum atomic E-state index is 0.255. The highest BCUT2D eigenvalue weighted by Crippen LogP contribution is 1.71. The van der Waals surface area contributed by atoms with Gasteiger partial charge >= 0.3 is 0 Å². The molecule has 0 aliphatic rings. The molecule has 0 aromatic rings. The molecule has 0 aliphatic carbocycles. The average molecular weight is 148 g/mol. The second-order valence-electron chi connectivity index (χ2n) is 1.75. The number of hydrogen-bond acceptors (Lipinski definition) is 3. The molecule has 0 saturated carbocycles. The van der Waals surface area contributed by atoms with E-state index in [4.69, 9.17) is 0 Å². The summed E-state index contributed by atoms with van der Waals surface area (Å²) >= 11 is 0. The number of rotatable bonds is 3. The van der Waals surface area contributed by atoms with Gasteiger partial charge in [0.2, 0.25) is 0 Å². The van der Waals surface area contributed by atoms with Crippen LogP contribution >= 0.6 is 0 Å². The monoisotopic (exact) mass is 148 g/mol. The fourth-order valence-corrected chi connectivity index (χ4v) is 0.118. The third-order valence-electron chi connectivity index (χ3n) is 0.734. The van der Waals surface area contributed by atoms with Gasteiger partial charge in [0, 0.05) is 20.6 Å². The summed E-state index contributed by atoms with van der Waals surface area (Å²) < 4.78 is 8.94. The quantitative estimate of drug-likeness (QED) is 0.564. The molecule has 0 spiro atoms. The van der Waals surface area contributed by atoms with E-state index in [0.717, 1.165) is 0 Å². The van der Waals surface area contributed by atoms with Crippen LogP contribution in [0.3, 0.4) is 0 Å². The Bertz CT molecular complexity index is 69.3. The molecule has 0 rings (SSSR count). The summed E-state index contributed by atoms with van der Waals surface area (Å²) in [6.45, 7) is 3.82. The molecule has 0 bridgehead atoms. The van der Waals surface area contributed by atoms with Crippen molar-refractivity contribution in [3.8, 4) is 0 Å². The average Bonchev–Trinajstić information content (AvgIpc) is 1.91. The van der Waals surface area contributed by atoms with E-state index in [1.54, 1.807) is 21.1 Å². The maximum atomic E-state index is 9.81. The summed E-state index contributed by atoms with van der Waals surface area (Å²) in [6.07, 6.45) is 0.667. The van der Waals surface area contributed by atoms with Crippen molar-refractivity contribution in [1.82, 2.24) is 0 Å². The normalized spacial score (nSPS) is 8.00. The molecule has 0 unspecified atom stereocenters. The molecule has 0 fully saturated rings. The summed E-state index contributed by atoms with van der Waals surface area (Å²) in [6, 6.07) is 0. The van der Waals surface area contributed by atoms with Gasteiger partial charge in [-0.05, 0) is 6.92 Å². The van der Waals surface area contributed by atoms with Gasteiger partial charge in [-0.15, -0.1) is 0 Å². The van der Waals surface area contributed by atoms with Crippen LogP contribution < -0.4 is 0 Å². The summed E-state index contributed by atoms with van der Waals surface area (Å²) in [5.41, 5.74) is 0. The van der Waals surface area contributed by atoms with Gasteiger partial charge in [0.1, 0.15) is 12.6 Å². The zero-order valence-corrected chi connectivity index (χ0v) is 7.14. The van der Waals surface area contributed by atoms with E-state index >= 15 is 0 Å². The molecule has 0 radical (unpaired) electrons. The van der Waals surface area contributed by atoms with Gasteiger partial charge in [-0.3, -0.25) is 0 Å². The Labute approximate surface area is 62.3 Å². The molecule has 0 heterocycles. The maximum absolute atomic E-state index is 9.81. The first-order valence-electron chi connectivity index (χ1n) is 3.16. The molecule has 62 valence electrons. The van der Waals surface area contributed by atoms with Crippen LogP contribution in [0.5, 0.6) is 0 Å². The van der Waals surface area contributed by atoms with Crippen molar-refractivity contribution in [1.29, 1.82) is 0 Å². The van der Waals surface area contributed by atoms with Crippen LogP contribution in [0.15, 0.2) is 0 Å². The van der Waals surface area contributed by atoms with Gasteiger partial charge in [0.15, 0.2) is 0 Å². The SMILES string of the molecule is CCC(C)=O.COCOC. The highest BCUT2D eigenvalue weighted by atomic mass is 16.6. The van der Waals surface area contributed by atoms with Gasteiger partial charge in [0.05, 0.1) is 0 Å². The Kier molecular flexibility index (Phi) is 14.0. The molecule has 0 aliphatic heterocycles. The molecule has 0 saturated heterocycles. The largest absolute Gasteiger partial charge is 0.359 e. The molecule has 0 amide bonds. The number of ether oxygens (including phenoxy) is 2. The highest BCUT2D eigenvalue weighted by Gasteiger charge is 1.76. The fourth-order valence-electron chi connectivity index (χ4n) is 0.118. The Balaban J connectivity index is 0.